The van der Waals surface area contributed by atoms with Crippen LogP contribution in [0.2, 0.25) is 0 Å². The number of alkyl halides is 3. The molecule has 1 aliphatic rings. The second kappa shape index (κ2) is 6.23. The van der Waals surface area contributed by atoms with Gasteiger partial charge in [-0.15, -0.1) is 0 Å². The number of nitrogens with one attached hydrogen (secondary N) is 1. The normalized spacial score (nSPS) is 17.9. The SMILES string of the molecule is CCOC(=O)C1(NCc2ccc(C(F)(F)F)cc2)CN(N)C1. The molecule has 122 valence electrons. The van der Waals surface area contributed by atoms with Gasteiger partial charge in [-0.05, 0) is 24.6 Å². The standard InChI is InChI=1S/C14H18F3N3O2/c1-2-22-12(21)13(8-20(18)9-13)19-7-10-3-5-11(6-4-10)14(15,16)17/h3-6,19H,2,7-9,18H2,1H3. The van der Waals surface area contributed by atoms with Gasteiger partial charge in [0.25, 0.3) is 0 Å². The summed E-state index contributed by atoms with van der Waals surface area (Å²) in [7, 11) is 0. The van der Waals surface area contributed by atoms with Gasteiger partial charge in [-0.1, -0.05) is 12.1 Å². The fraction of sp³-hybridized carbons (Fsp3) is 0.500. The molecule has 22 heavy (non-hydrogen) atoms. The Labute approximate surface area is 126 Å². The highest BCUT2D eigenvalue weighted by atomic mass is 19.4. The number of hydrazine groups is 1. The van der Waals surface area contributed by atoms with E-state index in [2.05, 4.69) is 5.32 Å². The van der Waals surface area contributed by atoms with Crippen molar-refractivity contribution in [1.29, 1.82) is 0 Å². The maximum atomic E-state index is 12.5. The molecule has 0 unspecified atom stereocenters. The monoisotopic (exact) mass is 317 g/mol. The third-order valence-electron chi connectivity index (χ3n) is 3.52. The average molecular weight is 317 g/mol. The number of esters is 1. The minimum absolute atomic E-state index is 0.255. The predicted octanol–water partition coefficient (Wildman–Crippen LogP) is 1.29. The Hall–Kier alpha value is -1.64. The molecule has 8 heteroatoms. The van der Waals surface area contributed by atoms with E-state index in [0.717, 1.165) is 12.1 Å². The number of ether oxygens (including phenoxy) is 1. The van der Waals surface area contributed by atoms with E-state index in [1.807, 2.05) is 0 Å². The summed E-state index contributed by atoms with van der Waals surface area (Å²) in [5.41, 5.74) is -0.951. The first-order valence-corrected chi connectivity index (χ1v) is 6.85. The van der Waals surface area contributed by atoms with Gasteiger partial charge in [0.05, 0.1) is 12.2 Å². The second-order valence-electron chi connectivity index (χ2n) is 5.26. The number of halogens is 3. The molecule has 1 aromatic carbocycles. The number of hydrogen-bond donors (Lipinski definition) is 2. The van der Waals surface area contributed by atoms with Gasteiger partial charge in [0.2, 0.25) is 0 Å². The highest BCUT2D eigenvalue weighted by molar-refractivity contribution is 5.83. The lowest BCUT2D eigenvalue weighted by Crippen LogP contribution is -2.75. The van der Waals surface area contributed by atoms with Crippen molar-refractivity contribution in [2.24, 2.45) is 5.84 Å². The van der Waals surface area contributed by atoms with E-state index < -0.39 is 23.2 Å². The van der Waals surface area contributed by atoms with Crippen molar-refractivity contribution in [3.05, 3.63) is 35.4 Å². The molecule has 3 N–H and O–H groups in total. The highest BCUT2D eigenvalue weighted by Gasteiger charge is 2.49. The number of carbonyl (C=O) groups is 1. The molecule has 5 nitrogen and oxygen atoms in total. The van der Waals surface area contributed by atoms with Gasteiger partial charge < -0.3 is 4.74 Å². The third-order valence-corrected chi connectivity index (χ3v) is 3.52. The number of hydrogen-bond acceptors (Lipinski definition) is 5. The van der Waals surface area contributed by atoms with Crippen LogP contribution in [-0.2, 0) is 22.3 Å². The Morgan fingerprint density at radius 3 is 2.41 bits per heavy atom. The zero-order valence-corrected chi connectivity index (χ0v) is 12.1. The van der Waals surface area contributed by atoms with Crippen LogP contribution in [0.25, 0.3) is 0 Å². The molecule has 1 saturated heterocycles. The Morgan fingerprint density at radius 1 is 1.36 bits per heavy atom. The van der Waals surface area contributed by atoms with Crippen molar-refractivity contribution < 1.29 is 22.7 Å². The minimum Gasteiger partial charge on any atom is -0.465 e. The molecular formula is C14H18F3N3O2. The summed E-state index contributed by atoms with van der Waals surface area (Å²) in [5, 5.41) is 4.51. The zero-order chi connectivity index (χ0) is 16.4. The molecule has 1 aliphatic heterocycles. The number of carbonyl (C=O) groups excluding carboxylic acids is 1. The lowest BCUT2D eigenvalue weighted by atomic mass is 9.91. The summed E-state index contributed by atoms with van der Waals surface area (Å²) in [5.74, 6) is 5.19. The maximum absolute atomic E-state index is 12.5. The van der Waals surface area contributed by atoms with Gasteiger partial charge in [-0.3, -0.25) is 11.2 Å². The van der Waals surface area contributed by atoms with Gasteiger partial charge in [0.15, 0.2) is 0 Å². The summed E-state index contributed by atoms with van der Waals surface area (Å²) in [6.45, 7) is 2.82. The fourth-order valence-corrected chi connectivity index (χ4v) is 2.31. The van der Waals surface area contributed by atoms with E-state index in [1.165, 1.54) is 17.1 Å². The van der Waals surface area contributed by atoms with E-state index in [0.29, 0.717) is 18.7 Å². The quantitative estimate of drug-likeness (QED) is 0.633. The fourth-order valence-electron chi connectivity index (χ4n) is 2.31. The van der Waals surface area contributed by atoms with Crippen molar-refractivity contribution >= 4 is 5.97 Å². The van der Waals surface area contributed by atoms with Crippen LogP contribution < -0.4 is 11.2 Å². The Balaban J connectivity index is 2.00. The molecule has 0 aromatic heterocycles. The average Bonchev–Trinajstić information content (AvgIpc) is 2.42. The maximum Gasteiger partial charge on any atom is 0.416 e. The van der Waals surface area contributed by atoms with E-state index in [-0.39, 0.29) is 13.2 Å². The highest BCUT2D eigenvalue weighted by Crippen LogP contribution is 2.29. The number of nitrogens with two attached hydrogens (primary N) is 1. The van der Waals surface area contributed by atoms with Crippen LogP contribution in [-0.4, -0.2) is 36.2 Å². The molecule has 0 radical (unpaired) electrons. The van der Waals surface area contributed by atoms with Crippen LogP contribution >= 0.6 is 0 Å². The smallest absolute Gasteiger partial charge is 0.416 e. The molecule has 1 aromatic rings. The summed E-state index contributed by atoms with van der Waals surface area (Å²) < 4.78 is 42.5. The van der Waals surface area contributed by atoms with E-state index >= 15 is 0 Å². The predicted molar refractivity (Wildman–Crippen MR) is 73.4 cm³/mol. The minimum atomic E-state index is -4.36. The van der Waals surface area contributed by atoms with E-state index in [1.54, 1.807) is 6.92 Å². The van der Waals surface area contributed by atoms with Crippen LogP contribution in [0.15, 0.2) is 24.3 Å². The van der Waals surface area contributed by atoms with Crippen molar-refractivity contribution in [2.45, 2.75) is 25.2 Å². The van der Waals surface area contributed by atoms with Crippen molar-refractivity contribution in [1.82, 2.24) is 10.3 Å². The summed E-state index contributed by atoms with van der Waals surface area (Å²) in [4.78, 5) is 12.0. The molecule has 0 saturated carbocycles. The van der Waals surface area contributed by atoms with Crippen LogP contribution in [0, 0.1) is 0 Å². The lowest BCUT2D eigenvalue weighted by molar-refractivity contribution is -0.159. The van der Waals surface area contributed by atoms with Gasteiger partial charge in [-0.2, -0.15) is 13.2 Å². The van der Waals surface area contributed by atoms with Gasteiger partial charge in [0, 0.05) is 19.6 Å². The van der Waals surface area contributed by atoms with Crippen LogP contribution in [0.5, 0.6) is 0 Å². The van der Waals surface area contributed by atoms with E-state index in [9.17, 15) is 18.0 Å². The molecule has 0 bridgehead atoms. The lowest BCUT2D eigenvalue weighted by Gasteiger charge is -2.46. The number of nitrogens with zero attached hydrogens (tertiary/aromatic N) is 1. The molecule has 1 fully saturated rings. The molecule has 0 atom stereocenters. The molecule has 0 spiro atoms. The first-order chi connectivity index (χ1) is 10.3. The summed E-state index contributed by atoms with van der Waals surface area (Å²) >= 11 is 0. The summed E-state index contributed by atoms with van der Waals surface area (Å²) in [6.07, 6.45) is -4.36. The van der Waals surface area contributed by atoms with Gasteiger partial charge >= 0.3 is 12.1 Å². The summed E-state index contributed by atoms with van der Waals surface area (Å²) in [6, 6.07) is 4.80. The van der Waals surface area contributed by atoms with Crippen LogP contribution in [0.3, 0.4) is 0 Å². The topological polar surface area (TPSA) is 67.6 Å². The van der Waals surface area contributed by atoms with Gasteiger partial charge in [0.1, 0.15) is 5.54 Å². The van der Waals surface area contributed by atoms with Crippen molar-refractivity contribution in [2.75, 3.05) is 19.7 Å². The van der Waals surface area contributed by atoms with Crippen molar-refractivity contribution in [3.63, 3.8) is 0 Å². The Bertz CT molecular complexity index is 525. The Morgan fingerprint density at radius 2 is 1.95 bits per heavy atom. The number of rotatable bonds is 5. The molecule has 2 rings (SSSR count). The second-order valence-corrected chi connectivity index (χ2v) is 5.26. The number of benzene rings is 1. The van der Waals surface area contributed by atoms with Crippen molar-refractivity contribution in [3.8, 4) is 0 Å². The Kier molecular flexibility index (Phi) is 4.74. The first kappa shape index (κ1) is 16.7. The molecule has 0 aliphatic carbocycles. The first-order valence-electron chi connectivity index (χ1n) is 6.85. The van der Waals surface area contributed by atoms with Crippen LogP contribution in [0.1, 0.15) is 18.1 Å². The van der Waals surface area contributed by atoms with Crippen LogP contribution in [0.4, 0.5) is 13.2 Å². The van der Waals surface area contributed by atoms with E-state index in [4.69, 9.17) is 10.6 Å². The molecule has 0 amide bonds. The molecular weight excluding hydrogens is 299 g/mol. The third kappa shape index (κ3) is 3.57. The molecule has 1 heterocycles. The largest absolute Gasteiger partial charge is 0.465 e. The van der Waals surface area contributed by atoms with Gasteiger partial charge in [-0.25, -0.2) is 9.80 Å². The zero-order valence-electron chi connectivity index (χ0n) is 12.1.